The van der Waals surface area contributed by atoms with Gasteiger partial charge in [-0.2, -0.15) is 0 Å². The molecule has 0 bridgehead atoms. The molecule has 10 nitrogen and oxygen atoms in total. The van der Waals surface area contributed by atoms with Crippen LogP contribution in [0.25, 0.3) is 22.3 Å². The zero-order valence-corrected chi connectivity index (χ0v) is 23.5. The number of imide groups is 1. The van der Waals surface area contributed by atoms with Crippen LogP contribution in [0.15, 0.2) is 60.8 Å². The summed E-state index contributed by atoms with van der Waals surface area (Å²) in [5.41, 5.74) is 4.70. The van der Waals surface area contributed by atoms with Crippen LogP contribution in [-0.2, 0) is 22.6 Å². The van der Waals surface area contributed by atoms with Crippen LogP contribution in [-0.4, -0.2) is 48.4 Å². The minimum absolute atomic E-state index is 0. The second-order valence-electron chi connectivity index (χ2n) is 10.8. The van der Waals surface area contributed by atoms with Gasteiger partial charge in [0.05, 0.1) is 34.8 Å². The number of pyridine rings is 1. The smallest absolute Gasteiger partial charge is 0.336 e. The van der Waals surface area contributed by atoms with Gasteiger partial charge in [0, 0.05) is 13.0 Å². The average Bonchev–Trinajstić information content (AvgIpc) is 3.45. The first-order valence-corrected chi connectivity index (χ1v) is 14.1. The van der Waals surface area contributed by atoms with Crippen molar-refractivity contribution in [1.82, 2.24) is 14.5 Å². The fourth-order valence-electron chi connectivity index (χ4n) is 6.18. The maximum atomic E-state index is 13.2. The second kappa shape index (κ2) is 12.6. The number of hydrogen-bond acceptors (Lipinski definition) is 5. The maximum Gasteiger partial charge on any atom is 0.336 e. The van der Waals surface area contributed by atoms with Crippen LogP contribution in [0.1, 0.15) is 67.2 Å². The highest BCUT2D eigenvalue weighted by Crippen LogP contribution is 2.40. The van der Waals surface area contributed by atoms with E-state index in [4.69, 9.17) is 4.98 Å². The molecule has 2 aromatic carbocycles. The summed E-state index contributed by atoms with van der Waals surface area (Å²) >= 11 is 0. The molecule has 0 spiro atoms. The summed E-state index contributed by atoms with van der Waals surface area (Å²) in [6.07, 6.45) is 7.91. The van der Waals surface area contributed by atoms with Gasteiger partial charge in [-0.05, 0) is 48.1 Å². The molecule has 4 aromatic rings. The van der Waals surface area contributed by atoms with Crippen molar-refractivity contribution >= 4 is 34.6 Å². The van der Waals surface area contributed by atoms with E-state index in [2.05, 4.69) is 16.5 Å². The Morgan fingerprint density at radius 2 is 1.64 bits per heavy atom. The number of aromatic carboxylic acids is 1. The van der Waals surface area contributed by atoms with E-state index in [0.29, 0.717) is 23.4 Å². The van der Waals surface area contributed by atoms with Crippen molar-refractivity contribution in [2.75, 3.05) is 4.90 Å². The largest absolute Gasteiger partial charge is 0.478 e. The van der Waals surface area contributed by atoms with E-state index in [1.807, 2.05) is 42.5 Å². The van der Waals surface area contributed by atoms with Gasteiger partial charge in [0.1, 0.15) is 5.82 Å². The molecule has 2 fully saturated rings. The van der Waals surface area contributed by atoms with Crippen molar-refractivity contribution in [1.29, 1.82) is 0 Å². The number of unbranched alkanes of at least 4 members (excludes halogenated alkanes) is 1. The molecule has 1 aliphatic heterocycles. The van der Waals surface area contributed by atoms with Crippen LogP contribution >= 0.6 is 0 Å². The topological polar surface area (TPSA) is 168 Å². The predicted octanol–water partition coefficient (Wildman–Crippen LogP) is 4.22. The number of benzene rings is 2. The lowest BCUT2D eigenvalue weighted by Crippen LogP contribution is -2.31. The number of nitrogens with zero attached hydrogens (tertiary/aromatic N) is 4. The van der Waals surface area contributed by atoms with Crippen LogP contribution in [0.4, 0.5) is 5.69 Å². The number of aryl methyl sites for hydroxylation is 1. The third-order valence-corrected chi connectivity index (χ3v) is 8.29. The van der Waals surface area contributed by atoms with Crippen molar-refractivity contribution in [3.63, 3.8) is 0 Å². The van der Waals surface area contributed by atoms with Gasteiger partial charge < -0.3 is 20.6 Å². The Morgan fingerprint density at radius 1 is 0.976 bits per heavy atom. The third kappa shape index (κ3) is 5.43. The van der Waals surface area contributed by atoms with Crippen LogP contribution in [0, 0.1) is 11.8 Å². The molecule has 5 N–H and O–H groups in total. The first-order valence-electron chi connectivity index (χ1n) is 14.1. The van der Waals surface area contributed by atoms with Gasteiger partial charge in [-0.25, -0.2) is 19.7 Å². The lowest BCUT2D eigenvalue weighted by molar-refractivity contribution is -0.122. The van der Waals surface area contributed by atoms with E-state index < -0.39 is 5.97 Å². The van der Waals surface area contributed by atoms with Gasteiger partial charge >= 0.3 is 5.97 Å². The van der Waals surface area contributed by atoms with Crippen LogP contribution in [0.5, 0.6) is 0 Å². The summed E-state index contributed by atoms with van der Waals surface area (Å²) in [7, 11) is 0. The molecule has 2 amide bonds. The maximum absolute atomic E-state index is 13.2. The lowest BCUT2D eigenvalue weighted by Gasteiger charge is -2.19. The normalized spacial score (nSPS) is 18.0. The second-order valence-corrected chi connectivity index (χ2v) is 10.8. The molecule has 1 aliphatic carbocycles. The number of aromatic nitrogens is 3. The molecule has 1 saturated heterocycles. The number of carbonyl (C=O) groups is 3. The van der Waals surface area contributed by atoms with Gasteiger partial charge in [0.15, 0.2) is 5.65 Å². The Labute approximate surface area is 243 Å². The summed E-state index contributed by atoms with van der Waals surface area (Å²) in [4.78, 5) is 48.9. The molecule has 10 heteroatoms. The van der Waals surface area contributed by atoms with Crippen LogP contribution in [0.3, 0.4) is 0 Å². The van der Waals surface area contributed by atoms with E-state index in [-0.39, 0.29) is 40.2 Å². The van der Waals surface area contributed by atoms with Crippen molar-refractivity contribution in [3.05, 3.63) is 77.7 Å². The SMILES string of the molecule is CCCCc1nc2ncc(N3C(=O)[C@H]4CCCC[C@H]4C3=O)cc2n1Cc1ccc(-c2ccccc2C(=O)O)cc1.O.O. The van der Waals surface area contributed by atoms with Gasteiger partial charge in [0.25, 0.3) is 0 Å². The quantitative estimate of drug-likeness (QED) is 0.310. The van der Waals surface area contributed by atoms with E-state index in [9.17, 15) is 19.5 Å². The molecule has 2 aromatic heterocycles. The van der Waals surface area contributed by atoms with Gasteiger partial charge in [-0.1, -0.05) is 68.7 Å². The Bertz CT molecular complexity index is 1590. The van der Waals surface area contributed by atoms with Crippen molar-refractivity contribution in [3.8, 4) is 11.1 Å². The Balaban J connectivity index is 0.00000202. The zero-order valence-electron chi connectivity index (χ0n) is 23.5. The molecule has 3 heterocycles. The highest BCUT2D eigenvalue weighted by Gasteiger charge is 2.48. The van der Waals surface area contributed by atoms with E-state index in [1.165, 1.54) is 4.90 Å². The molecule has 220 valence electrons. The zero-order chi connectivity index (χ0) is 27.8. The molecule has 42 heavy (non-hydrogen) atoms. The summed E-state index contributed by atoms with van der Waals surface area (Å²) < 4.78 is 2.12. The van der Waals surface area contributed by atoms with Gasteiger partial charge in [0.2, 0.25) is 11.8 Å². The van der Waals surface area contributed by atoms with Crippen LogP contribution in [0.2, 0.25) is 0 Å². The van der Waals surface area contributed by atoms with Crippen molar-refractivity contribution in [2.45, 2.75) is 58.4 Å². The highest BCUT2D eigenvalue weighted by atomic mass is 16.4. The minimum atomic E-state index is -0.956. The molecular formula is C32H36N4O6. The van der Waals surface area contributed by atoms with Gasteiger partial charge in [-0.15, -0.1) is 0 Å². The summed E-state index contributed by atoms with van der Waals surface area (Å²) in [6.45, 7) is 2.68. The first-order chi connectivity index (χ1) is 19.5. The van der Waals surface area contributed by atoms with E-state index in [1.54, 1.807) is 18.3 Å². The van der Waals surface area contributed by atoms with E-state index in [0.717, 1.165) is 67.4 Å². The number of fused-ring (bicyclic) bond motifs is 2. The summed E-state index contributed by atoms with van der Waals surface area (Å²) in [6, 6.07) is 16.7. The molecular weight excluding hydrogens is 536 g/mol. The fourth-order valence-corrected chi connectivity index (χ4v) is 6.18. The number of carboxylic acid groups (broad SMARTS) is 1. The molecule has 2 aliphatic rings. The Hall–Kier alpha value is -4.41. The number of hydrogen-bond donors (Lipinski definition) is 1. The average molecular weight is 573 g/mol. The first kappa shape index (κ1) is 30.5. The lowest BCUT2D eigenvalue weighted by atomic mass is 9.81. The predicted molar refractivity (Wildman–Crippen MR) is 159 cm³/mol. The third-order valence-electron chi connectivity index (χ3n) is 8.29. The molecule has 0 unspecified atom stereocenters. The summed E-state index contributed by atoms with van der Waals surface area (Å²) in [5, 5.41) is 9.59. The Morgan fingerprint density at radius 3 is 2.29 bits per heavy atom. The molecule has 2 atom stereocenters. The van der Waals surface area contributed by atoms with E-state index >= 15 is 0 Å². The van der Waals surface area contributed by atoms with Crippen LogP contribution < -0.4 is 4.90 Å². The molecule has 0 radical (unpaired) electrons. The van der Waals surface area contributed by atoms with Crippen molar-refractivity contribution < 1.29 is 30.4 Å². The minimum Gasteiger partial charge on any atom is -0.478 e. The number of carbonyl (C=O) groups excluding carboxylic acids is 2. The molecule has 6 rings (SSSR count). The fraction of sp³-hybridized carbons (Fsp3) is 0.344. The number of amides is 2. The number of anilines is 1. The standard InChI is InChI=1S/C32H32N4O4.2H2O/c1-2-3-12-28-34-29-27(17-22(18-33-29)36-30(37)24-9-5-6-10-25(24)31(36)38)35(28)19-20-13-15-21(16-14-20)23-8-4-7-11-26(23)32(39)40;;/h4,7-8,11,13-18,24-25H,2-3,5-6,9-10,12,19H2,1H3,(H,39,40);2*1H2/t24-,25+;;. The van der Waals surface area contributed by atoms with Crippen molar-refractivity contribution in [2.24, 2.45) is 11.8 Å². The van der Waals surface area contributed by atoms with Gasteiger partial charge in [-0.3, -0.25) is 9.59 Å². The highest BCUT2D eigenvalue weighted by molar-refractivity contribution is 6.22. The summed E-state index contributed by atoms with van der Waals surface area (Å²) in [5.74, 6) is -0.689. The monoisotopic (exact) mass is 572 g/mol. The number of carboxylic acids is 1. The number of rotatable bonds is 8. The Kier molecular flexibility index (Phi) is 9.18. The molecule has 1 saturated carbocycles. The number of imidazole rings is 1.